The van der Waals surface area contributed by atoms with Gasteiger partial charge in [-0.15, -0.1) is 0 Å². The van der Waals surface area contributed by atoms with Gasteiger partial charge in [0.2, 0.25) is 0 Å². The van der Waals surface area contributed by atoms with Gasteiger partial charge in [-0.1, -0.05) is 18.0 Å². The first kappa shape index (κ1) is 12.1. The van der Waals surface area contributed by atoms with Crippen LogP contribution in [0.4, 0.5) is 11.4 Å². The number of hydrogen-bond donors (Lipinski definition) is 1. The van der Waals surface area contributed by atoms with Gasteiger partial charge in [-0.05, 0) is 44.1 Å². The minimum Gasteiger partial charge on any atom is -0.366 e. The number of nitrogens with one attached hydrogen (secondary N) is 1. The summed E-state index contributed by atoms with van der Waals surface area (Å²) in [6.45, 7) is 5.69. The fourth-order valence-corrected chi connectivity index (χ4v) is 2.99. The zero-order valence-corrected chi connectivity index (χ0v) is 11.4. The fraction of sp³-hybridized carbons (Fsp3) is 0.571. The van der Waals surface area contributed by atoms with Crippen LogP contribution in [0.5, 0.6) is 0 Å². The molecule has 0 aromatic heterocycles. The Labute approximate surface area is 114 Å². The smallest absolute Gasteiger partial charge is 0.0878 e. The third-order valence-corrected chi connectivity index (χ3v) is 4.13. The van der Waals surface area contributed by atoms with E-state index in [0.29, 0.717) is 0 Å². The maximum atomic E-state index is 6.07. The summed E-state index contributed by atoms with van der Waals surface area (Å²) in [5, 5.41) is 4.23. The molecule has 18 heavy (non-hydrogen) atoms. The third kappa shape index (κ3) is 2.57. The van der Waals surface area contributed by atoms with Gasteiger partial charge in [-0.25, -0.2) is 0 Å². The minimum atomic E-state index is 0.820. The maximum absolute atomic E-state index is 6.07. The summed E-state index contributed by atoms with van der Waals surface area (Å²) in [4.78, 5) is 4.96. The van der Waals surface area contributed by atoms with Crippen molar-refractivity contribution in [1.29, 1.82) is 0 Å². The molecule has 0 spiro atoms. The zero-order valence-electron chi connectivity index (χ0n) is 10.7. The molecule has 0 amide bonds. The van der Waals surface area contributed by atoms with Crippen LogP contribution in [-0.2, 0) is 0 Å². The van der Waals surface area contributed by atoms with Crippen LogP contribution in [0.3, 0.4) is 0 Å². The summed E-state index contributed by atoms with van der Waals surface area (Å²) in [5.74, 6) is 0. The molecule has 0 unspecified atom stereocenters. The predicted molar refractivity (Wildman–Crippen MR) is 77.6 cm³/mol. The van der Waals surface area contributed by atoms with Crippen molar-refractivity contribution in [2.24, 2.45) is 0 Å². The molecule has 98 valence electrons. The normalized spacial score (nSPS) is 19.7. The van der Waals surface area contributed by atoms with Crippen molar-refractivity contribution in [2.45, 2.75) is 19.3 Å². The first-order valence-electron chi connectivity index (χ1n) is 6.84. The monoisotopic (exact) mass is 265 g/mol. The summed E-state index contributed by atoms with van der Waals surface area (Å²) < 4.78 is 0. The quantitative estimate of drug-likeness (QED) is 0.906. The van der Waals surface area contributed by atoms with E-state index >= 15 is 0 Å². The molecule has 0 aliphatic carbocycles. The van der Waals surface area contributed by atoms with Crippen LogP contribution in [-0.4, -0.2) is 37.7 Å². The van der Waals surface area contributed by atoms with E-state index in [-0.39, 0.29) is 0 Å². The molecule has 3 nitrogen and oxygen atoms in total. The number of rotatable bonds is 3. The topological polar surface area (TPSA) is 18.5 Å². The lowest BCUT2D eigenvalue weighted by Gasteiger charge is -2.29. The second kappa shape index (κ2) is 5.37. The third-order valence-electron chi connectivity index (χ3n) is 3.90. The lowest BCUT2D eigenvalue weighted by atomic mass is 10.1. The van der Waals surface area contributed by atoms with Crippen molar-refractivity contribution in [3.63, 3.8) is 0 Å². The van der Waals surface area contributed by atoms with Gasteiger partial charge < -0.3 is 15.1 Å². The van der Waals surface area contributed by atoms with Gasteiger partial charge in [-0.2, -0.15) is 0 Å². The van der Waals surface area contributed by atoms with E-state index in [1.54, 1.807) is 0 Å². The Morgan fingerprint density at radius 2 is 1.94 bits per heavy atom. The molecule has 0 atom stereocenters. The van der Waals surface area contributed by atoms with E-state index in [4.69, 9.17) is 11.6 Å². The van der Waals surface area contributed by atoms with Crippen LogP contribution in [0.2, 0.25) is 5.02 Å². The summed E-state index contributed by atoms with van der Waals surface area (Å²) in [7, 11) is 0. The number of piperidine rings is 1. The van der Waals surface area contributed by atoms with Crippen molar-refractivity contribution in [3.8, 4) is 0 Å². The summed E-state index contributed by atoms with van der Waals surface area (Å²) in [6.07, 6.45) is 4.13. The molecular weight excluding hydrogens is 246 g/mol. The molecule has 1 aromatic carbocycles. The largest absolute Gasteiger partial charge is 0.366 e. The highest BCUT2D eigenvalue weighted by Gasteiger charge is 2.19. The lowest BCUT2D eigenvalue weighted by Crippen LogP contribution is -2.37. The van der Waals surface area contributed by atoms with Crippen molar-refractivity contribution in [3.05, 3.63) is 23.2 Å². The van der Waals surface area contributed by atoms with Gasteiger partial charge in [-0.3, -0.25) is 0 Å². The van der Waals surface area contributed by atoms with Gasteiger partial charge in [0.15, 0.2) is 0 Å². The standard InChI is InChI=1S/C14H20ClN3/c15-12-4-5-13-14(10-12)18(11-16-13)9-8-17-6-2-1-3-7-17/h4-5,10,16H,1-3,6-9,11H2. The summed E-state index contributed by atoms with van der Waals surface area (Å²) >= 11 is 6.07. The number of fused-ring (bicyclic) bond motifs is 1. The SMILES string of the molecule is Clc1ccc2c(c1)N(CCN1CCCCC1)CN2. The molecule has 0 saturated carbocycles. The molecule has 2 aliphatic heterocycles. The van der Waals surface area contributed by atoms with Gasteiger partial charge in [0.1, 0.15) is 0 Å². The fourth-order valence-electron chi connectivity index (χ4n) is 2.83. The Morgan fingerprint density at radius 3 is 2.78 bits per heavy atom. The number of anilines is 2. The Hall–Kier alpha value is -0.930. The van der Waals surface area contributed by atoms with Crippen LogP contribution < -0.4 is 10.2 Å². The predicted octanol–water partition coefficient (Wildman–Crippen LogP) is 3.02. The van der Waals surface area contributed by atoms with E-state index in [0.717, 1.165) is 24.8 Å². The lowest BCUT2D eigenvalue weighted by molar-refractivity contribution is 0.233. The number of likely N-dealkylation sites (tertiary alicyclic amines) is 1. The van der Waals surface area contributed by atoms with Gasteiger partial charge >= 0.3 is 0 Å². The Balaban J connectivity index is 1.60. The maximum Gasteiger partial charge on any atom is 0.0878 e. The molecule has 0 bridgehead atoms. The Bertz CT molecular complexity index is 416. The summed E-state index contributed by atoms with van der Waals surface area (Å²) in [6, 6.07) is 6.08. The molecular formula is C14H20ClN3. The second-order valence-electron chi connectivity index (χ2n) is 5.16. The highest BCUT2D eigenvalue weighted by Crippen LogP contribution is 2.33. The van der Waals surface area contributed by atoms with Gasteiger partial charge in [0, 0.05) is 18.1 Å². The molecule has 1 saturated heterocycles. The molecule has 4 heteroatoms. The molecule has 1 N–H and O–H groups in total. The van der Waals surface area contributed by atoms with Crippen molar-refractivity contribution < 1.29 is 0 Å². The second-order valence-corrected chi connectivity index (χ2v) is 5.60. The van der Waals surface area contributed by atoms with Gasteiger partial charge in [0.25, 0.3) is 0 Å². The Morgan fingerprint density at radius 1 is 1.11 bits per heavy atom. The first-order chi connectivity index (χ1) is 8.83. The number of halogens is 1. The number of benzene rings is 1. The van der Waals surface area contributed by atoms with Crippen LogP contribution in [0.25, 0.3) is 0 Å². The van der Waals surface area contributed by atoms with Crippen LogP contribution >= 0.6 is 11.6 Å². The zero-order chi connectivity index (χ0) is 12.4. The summed E-state index contributed by atoms with van der Waals surface area (Å²) in [5.41, 5.74) is 2.46. The first-order valence-corrected chi connectivity index (χ1v) is 7.21. The molecule has 3 rings (SSSR count). The molecule has 1 aromatic rings. The van der Waals surface area contributed by atoms with E-state index in [1.165, 1.54) is 43.7 Å². The van der Waals surface area contributed by atoms with E-state index in [2.05, 4.69) is 27.2 Å². The van der Waals surface area contributed by atoms with Crippen LogP contribution in [0.1, 0.15) is 19.3 Å². The van der Waals surface area contributed by atoms with Crippen molar-refractivity contribution >= 4 is 23.0 Å². The Kier molecular flexibility index (Phi) is 3.62. The molecule has 1 fully saturated rings. The average molecular weight is 266 g/mol. The molecule has 2 heterocycles. The highest BCUT2D eigenvalue weighted by molar-refractivity contribution is 6.31. The minimum absolute atomic E-state index is 0.820. The van der Waals surface area contributed by atoms with Crippen LogP contribution in [0.15, 0.2) is 18.2 Å². The van der Waals surface area contributed by atoms with Crippen LogP contribution in [0, 0.1) is 0 Å². The highest BCUT2D eigenvalue weighted by atomic mass is 35.5. The van der Waals surface area contributed by atoms with Crippen molar-refractivity contribution in [1.82, 2.24) is 4.90 Å². The van der Waals surface area contributed by atoms with E-state index < -0.39 is 0 Å². The number of hydrogen-bond acceptors (Lipinski definition) is 3. The van der Waals surface area contributed by atoms with Gasteiger partial charge in [0.05, 0.1) is 18.0 Å². The van der Waals surface area contributed by atoms with Crippen molar-refractivity contribution in [2.75, 3.05) is 43.1 Å². The average Bonchev–Trinajstić information content (AvgIpc) is 2.80. The molecule has 0 radical (unpaired) electrons. The molecule has 2 aliphatic rings. The van der Waals surface area contributed by atoms with E-state index in [9.17, 15) is 0 Å². The number of nitrogens with zero attached hydrogens (tertiary/aromatic N) is 2. The van der Waals surface area contributed by atoms with E-state index in [1.807, 2.05) is 6.07 Å².